The van der Waals surface area contributed by atoms with E-state index in [1.54, 1.807) is 0 Å². The van der Waals surface area contributed by atoms with Crippen LogP contribution in [0.25, 0.3) is 10.7 Å². The first-order chi connectivity index (χ1) is 8.56. The molecule has 0 aliphatic heterocycles. The lowest BCUT2D eigenvalue weighted by Crippen LogP contribution is -2.13. The normalized spacial score (nSPS) is 10.7. The van der Waals surface area contributed by atoms with E-state index in [1.807, 2.05) is 13.0 Å². The van der Waals surface area contributed by atoms with Crippen LogP contribution in [-0.4, -0.2) is 9.97 Å². The van der Waals surface area contributed by atoms with Gasteiger partial charge in [-0.2, -0.15) is 0 Å². The van der Waals surface area contributed by atoms with Gasteiger partial charge in [-0.25, -0.2) is 15.8 Å². The number of rotatable bonds is 3. The molecule has 0 bridgehead atoms. The Kier molecular flexibility index (Phi) is 4.21. The van der Waals surface area contributed by atoms with Crippen molar-refractivity contribution >= 4 is 44.7 Å². The van der Waals surface area contributed by atoms with Gasteiger partial charge in [0.2, 0.25) is 0 Å². The first-order valence-corrected chi connectivity index (χ1v) is 7.34. The topological polar surface area (TPSA) is 63.8 Å². The fraction of sp³-hybridized carbons (Fsp3) is 0.273. The van der Waals surface area contributed by atoms with E-state index in [0.717, 1.165) is 27.0 Å². The molecule has 2 aromatic rings. The van der Waals surface area contributed by atoms with Gasteiger partial charge in [-0.3, -0.25) is 0 Å². The van der Waals surface area contributed by atoms with E-state index in [-0.39, 0.29) is 0 Å². The van der Waals surface area contributed by atoms with Crippen LogP contribution in [0.4, 0.5) is 5.82 Å². The van der Waals surface area contributed by atoms with Crippen molar-refractivity contribution in [3.63, 3.8) is 0 Å². The SMILES string of the molecule is CCc1nc(-c2cc(Br)c(Cl)s2)nc(NN)c1C. The fourth-order valence-corrected chi connectivity index (χ4v) is 3.25. The van der Waals surface area contributed by atoms with Crippen LogP contribution in [0.1, 0.15) is 18.2 Å². The highest BCUT2D eigenvalue weighted by Gasteiger charge is 2.13. The lowest BCUT2D eigenvalue weighted by Gasteiger charge is -2.09. The molecule has 2 heterocycles. The van der Waals surface area contributed by atoms with Gasteiger partial charge in [0.05, 0.1) is 4.88 Å². The Morgan fingerprint density at radius 1 is 1.50 bits per heavy atom. The number of hydrazine groups is 1. The molecule has 7 heteroatoms. The van der Waals surface area contributed by atoms with Gasteiger partial charge in [0.25, 0.3) is 0 Å². The zero-order chi connectivity index (χ0) is 13.3. The highest BCUT2D eigenvalue weighted by atomic mass is 79.9. The van der Waals surface area contributed by atoms with Gasteiger partial charge in [-0.05, 0) is 35.3 Å². The van der Waals surface area contributed by atoms with Crippen LogP contribution in [0.2, 0.25) is 4.34 Å². The molecule has 2 rings (SSSR count). The molecule has 0 saturated carbocycles. The summed E-state index contributed by atoms with van der Waals surface area (Å²) in [6.07, 6.45) is 0.830. The Morgan fingerprint density at radius 2 is 2.22 bits per heavy atom. The Morgan fingerprint density at radius 3 is 2.72 bits per heavy atom. The second-order valence-electron chi connectivity index (χ2n) is 3.70. The molecule has 0 unspecified atom stereocenters. The number of nitrogens with two attached hydrogens (primary N) is 1. The third-order valence-corrected chi connectivity index (χ3v) is 5.05. The largest absolute Gasteiger partial charge is 0.308 e. The number of halogens is 2. The molecule has 0 fully saturated rings. The lowest BCUT2D eigenvalue weighted by molar-refractivity contribution is 0.975. The molecule has 0 aromatic carbocycles. The molecule has 0 aliphatic rings. The minimum absolute atomic E-state index is 0.642. The molecule has 0 amide bonds. The van der Waals surface area contributed by atoms with Crippen LogP contribution in [0, 0.1) is 6.92 Å². The van der Waals surface area contributed by atoms with Crippen molar-refractivity contribution in [1.29, 1.82) is 0 Å². The summed E-state index contributed by atoms with van der Waals surface area (Å²) in [5, 5.41) is 0. The molecule has 0 aliphatic carbocycles. The quantitative estimate of drug-likeness (QED) is 0.655. The number of aryl methyl sites for hydroxylation is 1. The van der Waals surface area contributed by atoms with Crippen LogP contribution in [0.3, 0.4) is 0 Å². The summed E-state index contributed by atoms with van der Waals surface area (Å²) >= 11 is 10.9. The number of anilines is 1. The highest BCUT2D eigenvalue weighted by molar-refractivity contribution is 9.10. The maximum Gasteiger partial charge on any atom is 0.172 e. The number of nitrogens with one attached hydrogen (secondary N) is 1. The Hall–Kier alpha value is -0.690. The maximum atomic E-state index is 6.03. The summed E-state index contributed by atoms with van der Waals surface area (Å²) in [7, 11) is 0. The lowest BCUT2D eigenvalue weighted by atomic mass is 10.2. The van der Waals surface area contributed by atoms with Crippen molar-refractivity contribution < 1.29 is 0 Å². The van der Waals surface area contributed by atoms with Crippen LogP contribution >= 0.6 is 38.9 Å². The number of aromatic nitrogens is 2. The molecule has 0 saturated heterocycles. The molecule has 0 radical (unpaired) electrons. The molecule has 3 N–H and O–H groups in total. The zero-order valence-electron chi connectivity index (χ0n) is 9.92. The zero-order valence-corrected chi connectivity index (χ0v) is 13.1. The van der Waals surface area contributed by atoms with Gasteiger partial charge < -0.3 is 5.43 Å². The van der Waals surface area contributed by atoms with Crippen molar-refractivity contribution in [2.24, 2.45) is 5.84 Å². The maximum absolute atomic E-state index is 6.03. The second kappa shape index (κ2) is 5.52. The van der Waals surface area contributed by atoms with E-state index in [1.165, 1.54) is 11.3 Å². The average molecular weight is 348 g/mol. The van der Waals surface area contributed by atoms with Crippen molar-refractivity contribution in [1.82, 2.24) is 9.97 Å². The average Bonchev–Trinajstić information content (AvgIpc) is 2.70. The van der Waals surface area contributed by atoms with Gasteiger partial charge in [0.1, 0.15) is 10.2 Å². The van der Waals surface area contributed by atoms with Gasteiger partial charge in [-0.1, -0.05) is 18.5 Å². The predicted molar refractivity (Wildman–Crippen MR) is 80.0 cm³/mol. The van der Waals surface area contributed by atoms with Crippen molar-refractivity contribution in [2.45, 2.75) is 20.3 Å². The summed E-state index contributed by atoms with van der Waals surface area (Å²) in [6, 6.07) is 1.91. The van der Waals surface area contributed by atoms with Crippen LogP contribution in [-0.2, 0) is 6.42 Å². The minimum atomic E-state index is 0.642. The minimum Gasteiger partial charge on any atom is -0.308 e. The Labute approximate surface area is 123 Å². The monoisotopic (exact) mass is 346 g/mol. The van der Waals surface area contributed by atoms with Gasteiger partial charge in [0, 0.05) is 15.7 Å². The summed E-state index contributed by atoms with van der Waals surface area (Å²) in [5.74, 6) is 6.78. The summed E-state index contributed by atoms with van der Waals surface area (Å²) in [5.41, 5.74) is 4.57. The number of hydrogen-bond acceptors (Lipinski definition) is 5. The highest BCUT2D eigenvalue weighted by Crippen LogP contribution is 2.37. The third kappa shape index (κ3) is 2.51. The summed E-state index contributed by atoms with van der Waals surface area (Å²) in [4.78, 5) is 9.87. The van der Waals surface area contributed by atoms with Gasteiger partial charge in [0.15, 0.2) is 5.82 Å². The molecule has 2 aromatic heterocycles. The molecule has 0 spiro atoms. The van der Waals surface area contributed by atoms with E-state index >= 15 is 0 Å². The van der Waals surface area contributed by atoms with E-state index in [0.29, 0.717) is 16.0 Å². The standard InChI is InChI=1S/C11H12BrClN4S/c1-3-7-5(2)10(17-14)16-11(15-7)8-4-6(12)9(13)18-8/h4H,3,14H2,1-2H3,(H,15,16,17). The van der Waals surface area contributed by atoms with Crippen LogP contribution in [0.15, 0.2) is 10.5 Å². The molecule has 18 heavy (non-hydrogen) atoms. The van der Waals surface area contributed by atoms with E-state index < -0.39 is 0 Å². The van der Waals surface area contributed by atoms with E-state index in [9.17, 15) is 0 Å². The first kappa shape index (κ1) is 13.7. The molecule has 0 atom stereocenters. The predicted octanol–water partition coefficient (Wildman–Crippen LogP) is 3.78. The number of hydrogen-bond donors (Lipinski definition) is 2. The molecule has 4 nitrogen and oxygen atoms in total. The fourth-order valence-electron chi connectivity index (χ4n) is 1.61. The summed E-state index contributed by atoms with van der Waals surface area (Å²) < 4.78 is 1.54. The molecular weight excluding hydrogens is 336 g/mol. The first-order valence-electron chi connectivity index (χ1n) is 5.36. The van der Waals surface area contributed by atoms with Crippen LogP contribution < -0.4 is 11.3 Å². The van der Waals surface area contributed by atoms with Crippen molar-refractivity contribution in [3.05, 3.63) is 26.1 Å². The Bertz CT molecular complexity index is 540. The number of nitrogens with zero attached hydrogens (tertiary/aromatic N) is 2. The smallest absolute Gasteiger partial charge is 0.172 e. The number of thiophene rings is 1. The van der Waals surface area contributed by atoms with E-state index in [2.05, 4.69) is 38.2 Å². The van der Waals surface area contributed by atoms with Crippen molar-refractivity contribution in [2.75, 3.05) is 5.43 Å². The van der Waals surface area contributed by atoms with Crippen LogP contribution in [0.5, 0.6) is 0 Å². The summed E-state index contributed by atoms with van der Waals surface area (Å²) in [6.45, 7) is 4.01. The Balaban J connectivity index is 2.57. The van der Waals surface area contributed by atoms with Crippen molar-refractivity contribution in [3.8, 4) is 10.7 Å². The third-order valence-electron chi connectivity index (χ3n) is 2.58. The molecular formula is C11H12BrClN4S. The van der Waals surface area contributed by atoms with E-state index in [4.69, 9.17) is 17.4 Å². The number of nitrogen functional groups attached to an aromatic ring is 1. The van der Waals surface area contributed by atoms with Gasteiger partial charge in [-0.15, -0.1) is 11.3 Å². The second-order valence-corrected chi connectivity index (χ2v) is 6.21. The molecule has 96 valence electrons. The van der Waals surface area contributed by atoms with Gasteiger partial charge >= 0.3 is 0 Å².